The zero-order valence-corrected chi connectivity index (χ0v) is 11.4. The molecule has 0 radical (unpaired) electrons. The molecule has 0 fully saturated rings. The minimum Gasteiger partial charge on any atom is -0.396 e. The third-order valence-corrected chi connectivity index (χ3v) is 2.98. The van der Waals surface area contributed by atoms with Crippen molar-refractivity contribution in [1.82, 2.24) is 4.57 Å². The van der Waals surface area contributed by atoms with Crippen molar-refractivity contribution in [2.45, 2.75) is 19.4 Å². The number of nitrogens with two attached hydrogens (primary N) is 1. The number of amides is 1. The van der Waals surface area contributed by atoms with Gasteiger partial charge >= 0.3 is 0 Å². The number of aryl methyl sites for hydroxylation is 1. The molecule has 0 bridgehead atoms. The standard InChI is InChI=1S/C15H16FN3O2/c16-12-7-6-11(10-13(12)17)18-14(20)4-3-9-19-8-2-1-5-15(19)21/h1-2,5-8,10H,3-4,9,17H2,(H,18,20). The lowest BCUT2D eigenvalue weighted by Gasteiger charge is -2.07. The number of nitrogen functional groups attached to an aromatic ring is 1. The summed E-state index contributed by atoms with van der Waals surface area (Å²) in [4.78, 5) is 23.2. The third kappa shape index (κ3) is 4.17. The van der Waals surface area contributed by atoms with E-state index in [9.17, 15) is 14.0 Å². The van der Waals surface area contributed by atoms with Gasteiger partial charge in [0, 0.05) is 30.9 Å². The number of hydrogen-bond acceptors (Lipinski definition) is 3. The van der Waals surface area contributed by atoms with Crippen LogP contribution in [0.1, 0.15) is 12.8 Å². The second-order valence-corrected chi connectivity index (χ2v) is 4.62. The molecule has 3 N–H and O–H groups in total. The highest BCUT2D eigenvalue weighted by Gasteiger charge is 2.05. The zero-order chi connectivity index (χ0) is 15.2. The smallest absolute Gasteiger partial charge is 0.250 e. The Morgan fingerprint density at radius 3 is 2.81 bits per heavy atom. The summed E-state index contributed by atoms with van der Waals surface area (Å²) in [7, 11) is 0. The number of rotatable bonds is 5. The summed E-state index contributed by atoms with van der Waals surface area (Å²) < 4.78 is 14.5. The molecule has 0 saturated carbocycles. The maximum absolute atomic E-state index is 13.0. The van der Waals surface area contributed by atoms with Gasteiger partial charge in [0.2, 0.25) is 11.5 Å². The van der Waals surface area contributed by atoms with E-state index in [1.807, 2.05) is 0 Å². The van der Waals surface area contributed by atoms with Crippen LogP contribution in [0.5, 0.6) is 0 Å². The molecule has 1 aromatic carbocycles. The first-order valence-corrected chi connectivity index (χ1v) is 6.56. The van der Waals surface area contributed by atoms with Crippen LogP contribution in [0.25, 0.3) is 0 Å². The van der Waals surface area contributed by atoms with E-state index in [0.717, 1.165) is 0 Å². The lowest BCUT2D eigenvalue weighted by atomic mass is 10.2. The van der Waals surface area contributed by atoms with Crippen LogP contribution in [0.3, 0.4) is 0 Å². The van der Waals surface area contributed by atoms with E-state index in [0.29, 0.717) is 18.7 Å². The molecule has 1 heterocycles. The van der Waals surface area contributed by atoms with Crippen LogP contribution in [0.2, 0.25) is 0 Å². The van der Waals surface area contributed by atoms with Crippen LogP contribution in [0.15, 0.2) is 47.4 Å². The fourth-order valence-electron chi connectivity index (χ4n) is 1.90. The maximum Gasteiger partial charge on any atom is 0.250 e. The molecule has 0 aliphatic heterocycles. The van der Waals surface area contributed by atoms with Crippen LogP contribution in [-0.2, 0) is 11.3 Å². The van der Waals surface area contributed by atoms with Crippen molar-refractivity contribution in [2.24, 2.45) is 0 Å². The molecule has 6 heteroatoms. The SMILES string of the molecule is Nc1cc(NC(=O)CCCn2ccccc2=O)ccc1F. The first kappa shape index (κ1) is 14.8. The van der Waals surface area contributed by atoms with Gasteiger partial charge in [-0.2, -0.15) is 0 Å². The Hall–Kier alpha value is -2.63. The van der Waals surface area contributed by atoms with E-state index in [2.05, 4.69) is 5.32 Å². The Labute approximate surface area is 121 Å². The van der Waals surface area contributed by atoms with Crippen LogP contribution >= 0.6 is 0 Å². The fraction of sp³-hybridized carbons (Fsp3) is 0.200. The number of nitrogens with one attached hydrogen (secondary N) is 1. The largest absolute Gasteiger partial charge is 0.396 e. The van der Waals surface area contributed by atoms with Gasteiger partial charge in [0.25, 0.3) is 0 Å². The van der Waals surface area contributed by atoms with Gasteiger partial charge in [0.05, 0.1) is 5.69 Å². The molecular weight excluding hydrogens is 273 g/mol. The number of carbonyl (C=O) groups is 1. The van der Waals surface area contributed by atoms with Gasteiger partial charge < -0.3 is 15.6 Å². The molecule has 1 aromatic heterocycles. The van der Waals surface area contributed by atoms with Crippen LogP contribution in [-0.4, -0.2) is 10.5 Å². The molecule has 0 atom stereocenters. The number of aromatic nitrogens is 1. The van der Waals surface area contributed by atoms with Gasteiger partial charge in [0.15, 0.2) is 0 Å². The highest BCUT2D eigenvalue weighted by Crippen LogP contribution is 2.16. The summed E-state index contributed by atoms with van der Waals surface area (Å²) in [5.74, 6) is -0.721. The zero-order valence-electron chi connectivity index (χ0n) is 11.4. The van der Waals surface area contributed by atoms with E-state index < -0.39 is 5.82 Å². The first-order chi connectivity index (χ1) is 10.1. The van der Waals surface area contributed by atoms with Gasteiger partial charge in [-0.3, -0.25) is 9.59 Å². The van der Waals surface area contributed by atoms with Gasteiger partial charge in [-0.15, -0.1) is 0 Å². The molecule has 110 valence electrons. The average molecular weight is 289 g/mol. The molecule has 0 aliphatic rings. The number of halogens is 1. The van der Waals surface area contributed by atoms with Crippen molar-refractivity contribution in [3.8, 4) is 0 Å². The Morgan fingerprint density at radius 1 is 1.29 bits per heavy atom. The monoisotopic (exact) mass is 289 g/mol. The Kier molecular flexibility index (Phi) is 4.71. The highest BCUT2D eigenvalue weighted by molar-refractivity contribution is 5.91. The minimum atomic E-state index is -0.517. The molecule has 1 amide bonds. The van der Waals surface area contributed by atoms with E-state index in [4.69, 9.17) is 5.73 Å². The van der Waals surface area contributed by atoms with Crippen molar-refractivity contribution < 1.29 is 9.18 Å². The van der Waals surface area contributed by atoms with Crippen LogP contribution < -0.4 is 16.6 Å². The van der Waals surface area contributed by atoms with E-state index in [1.165, 1.54) is 24.3 Å². The molecule has 0 aliphatic carbocycles. The van der Waals surface area contributed by atoms with Crippen molar-refractivity contribution in [1.29, 1.82) is 0 Å². The number of pyridine rings is 1. The Balaban J connectivity index is 1.84. The third-order valence-electron chi connectivity index (χ3n) is 2.98. The molecular formula is C15H16FN3O2. The summed E-state index contributed by atoms with van der Waals surface area (Å²) in [5, 5.41) is 2.64. The number of benzene rings is 1. The molecule has 2 aromatic rings. The van der Waals surface area contributed by atoms with Crippen molar-refractivity contribution in [2.75, 3.05) is 11.1 Å². The minimum absolute atomic E-state index is 0.0105. The number of carbonyl (C=O) groups excluding carboxylic acids is 1. The predicted octanol–water partition coefficient (Wildman–Crippen LogP) is 1.99. The van der Waals surface area contributed by atoms with Gasteiger partial charge in [-0.1, -0.05) is 6.07 Å². The van der Waals surface area contributed by atoms with E-state index in [-0.39, 0.29) is 23.6 Å². The van der Waals surface area contributed by atoms with Crippen molar-refractivity contribution in [3.05, 3.63) is 58.8 Å². The van der Waals surface area contributed by atoms with Crippen LogP contribution in [0.4, 0.5) is 15.8 Å². The fourth-order valence-corrected chi connectivity index (χ4v) is 1.90. The predicted molar refractivity (Wildman–Crippen MR) is 79.4 cm³/mol. The average Bonchev–Trinajstić information content (AvgIpc) is 2.45. The lowest BCUT2D eigenvalue weighted by Crippen LogP contribution is -2.19. The van der Waals surface area contributed by atoms with Gasteiger partial charge in [-0.05, 0) is 30.7 Å². The summed E-state index contributed by atoms with van der Waals surface area (Å²) in [6.45, 7) is 0.471. The second kappa shape index (κ2) is 6.69. The van der Waals surface area contributed by atoms with Gasteiger partial charge in [0.1, 0.15) is 5.82 Å². The summed E-state index contributed by atoms with van der Waals surface area (Å²) in [6, 6.07) is 8.93. The number of nitrogens with zero attached hydrogens (tertiary/aromatic N) is 1. The van der Waals surface area contributed by atoms with Crippen LogP contribution in [0, 0.1) is 5.82 Å². The highest BCUT2D eigenvalue weighted by atomic mass is 19.1. The molecule has 0 unspecified atom stereocenters. The second-order valence-electron chi connectivity index (χ2n) is 4.62. The van der Waals surface area contributed by atoms with Gasteiger partial charge in [-0.25, -0.2) is 4.39 Å². The summed E-state index contributed by atoms with van der Waals surface area (Å²) in [5.41, 5.74) is 5.78. The molecule has 0 saturated heterocycles. The van der Waals surface area contributed by atoms with E-state index >= 15 is 0 Å². The molecule has 5 nitrogen and oxygen atoms in total. The topological polar surface area (TPSA) is 77.1 Å². The quantitative estimate of drug-likeness (QED) is 0.826. The number of anilines is 2. The molecule has 21 heavy (non-hydrogen) atoms. The maximum atomic E-state index is 13.0. The molecule has 0 spiro atoms. The lowest BCUT2D eigenvalue weighted by molar-refractivity contribution is -0.116. The Bertz CT molecular complexity index is 697. The van der Waals surface area contributed by atoms with Crippen molar-refractivity contribution >= 4 is 17.3 Å². The van der Waals surface area contributed by atoms with E-state index in [1.54, 1.807) is 22.9 Å². The number of hydrogen-bond donors (Lipinski definition) is 2. The molecule has 2 rings (SSSR count). The normalized spacial score (nSPS) is 10.3. The summed E-state index contributed by atoms with van der Waals surface area (Å²) >= 11 is 0. The first-order valence-electron chi connectivity index (χ1n) is 6.56. The summed E-state index contributed by atoms with van der Waals surface area (Å²) in [6.07, 6.45) is 2.48. The van der Waals surface area contributed by atoms with Crippen molar-refractivity contribution in [3.63, 3.8) is 0 Å². The Morgan fingerprint density at radius 2 is 2.10 bits per heavy atom.